The second-order valence-electron chi connectivity index (χ2n) is 5.11. The number of rotatable bonds is 3. The summed E-state index contributed by atoms with van der Waals surface area (Å²) in [5, 5.41) is 8.75. The Labute approximate surface area is 96.2 Å². The number of hydrogen-bond donors (Lipinski definition) is 1. The SMILES string of the molecule is CC(=O)OC(C)(C)[C@@H]1C=C[C@](C)(OO)CC1. The second kappa shape index (κ2) is 4.55. The van der Waals surface area contributed by atoms with E-state index in [1.54, 1.807) is 0 Å². The Morgan fingerprint density at radius 2 is 2.19 bits per heavy atom. The van der Waals surface area contributed by atoms with Gasteiger partial charge < -0.3 is 4.74 Å². The van der Waals surface area contributed by atoms with E-state index in [0.29, 0.717) is 6.42 Å². The Kier molecular flexibility index (Phi) is 3.76. The van der Waals surface area contributed by atoms with E-state index >= 15 is 0 Å². The fraction of sp³-hybridized carbons (Fsp3) is 0.750. The predicted octanol–water partition coefficient (Wildman–Crippen LogP) is 2.54. The smallest absolute Gasteiger partial charge is 0.303 e. The summed E-state index contributed by atoms with van der Waals surface area (Å²) >= 11 is 0. The Balaban J connectivity index is 2.71. The van der Waals surface area contributed by atoms with Crippen LogP contribution in [0.25, 0.3) is 0 Å². The van der Waals surface area contributed by atoms with Crippen LogP contribution >= 0.6 is 0 Å². The average Bonchev–Trinajstić information content (AvgIpc) is 2.16. The molecule has 0 bridgehead atoms. The minimum Gasteiger partial charge on any atom is -0.459 e. The highest BCUT2D eigenvalue weighted by Crippen LogP contribution is 2.35. The van der Waals surface area contributed by atoms with Gasteiger partial charge >= 0.3 is 5.97 Å². The van der Waals surface area contributed by atoms with E-state index in [4.69, 9.17) is 9.99 Å². The third kappa shape index (κ3) is 3.06. The number of carbonyl (C=O) groups is 1. The highest BCUT2D eigenvalue weighted by molar-refractivity contribution is 5.66. The lowest BCUT2D eigenvalue weighted by Gasteiger charge is -2.37. The first-order valence-corrected chi connectivity index (χ1v) is 5.50. The summed E-state index contributed by atoms with van der Waals surface area (Å²) in [6.45, 7) is 7.02. The lowest BCUT2D eigenvalue weighted by molar-refractivity contribution is -0.306. The molecule has 1 aliphatic rings. The van der Waals surface area contributed by atoms with Gasteiger partial charge in [0.2, 0.25) is 0 Å². The molecule has 92 valence electrons. The van der Waals surface area contributed by atoms with E-state index in [9.17, 15) is 4.79 Å². The summed E-state index contributed by atoms with van der Waals surface area (Å²) in [6, 6.07) is 0. The minimum absolute atomic E-state index is 0.152. The van der Waals surface area contributed by atoms with Crippen molar-refractivity contribution in [2.45, 2.75) is 51.7 Å². The molecular weight excluding hydrogens is 208 g/mol. The zero-order chi connectivity index (χ0) is 12.4. The zero-order valence-electron chi connectivity index (χ0n) is 10.3. The summed E-state index contributed by atoms with van der Waals surface area (Å²) < 4.78 is 5.29. The summed E-state index contributed by atoms with van der Waals surface area (Å²) in [7, 11) is 0. The minimum atomic E-state index is -0.608. The molecule has 0 heterocycles. The molecule has 2 atom stereocenters. The van der Waals surface area contributed by atoms with E-state index in [1.165, 1.54) is 6.92 Å². The van der Waals surface area contributed by atoms with E-state index in [1.807, 2.05) is 32.9 Å². The fourth-order valence-corrected chi connectivity index (χ4v) is 2.04. The van der Waals surface area contributed by atoms with Crippen LogP contribution in [0, 0.1) is 5.92 Å². The summed E-state index contributed by atoms with van der Waals surface area (Å²) in [6.07, 6.45) is 5.29. The third-order valence-electron chi connectivity index (χ3n) is 3.14. The van der Waals surface area contributed by atoms with Gasteiger partial charge in [-0.05, 0) is 33.6 Å². The number of esters is 1. The van der Waals surface area contributed by atoms with Crippen molar-refractivity contribution < 1.29 is 19.7 Å². The average molecular weight is 228 g/mol. The van der Waals surface area contributed by atoms with Crippen LogP contribution in [0.4, 0.5) is 0 Å². The molecule has 1 N–H and O–H groups in total. The molecule has 0 unspecified atom stereocenters. The van der Waals surface area contributed by atoms with E-state index in [0.717, 1.165) is 6.42 Å². The highest BCUT2D eigenvalue weighted by Gasteiger charge is 2.36. The van der Waals surface area contributed by atoms with Crippen LogP contribution in [0.15, 0.2) is 12.2 Å². The van der Waals surface area contributed by atoms with Gasteiger partial charge in [0, 0.05) is 12.8 Å². The van der Waals surface area contributed by atoms with Gasteiger partial charge in [0.25, 0.3) is 0 Å². The summed E-state index contributed by atoms with van der Waals surface area (Å²) in [4.78, 5) is 15.4. The second-order valence-corrected chi connectivity index (χ2v) is 5.11. The first-order chi connectivity index (χ1) is 7.29. The lowest BCUT2D eigenvalue weighted by Crippen LogP contribution is -2.39. The largest absolute Gasteiger partial charge is 0.459 e. The molecule has 1 aliphatic carbocycles. The van der Waals surface area contributed by atoms with E-state index in [-0.39, 0.29) is 11.9 Å². The van der Waals surface area contributed by atoms with Crippen LogP contribution < -0.4 is 0 Å². The molecule has 4 heteroatoms. The van der Waals surface area contributed by atoms with Crippen molar-refractivity contribution in [1.82, 2.24) is 0 Å². The maximum atomic E-state index is 11.0. The van der Waals surface area contributed by atoms with Gasteiger partial charge in [-0.1, -0.05) is 12.2 Å². The molecule has 0 aromatic heterocycles. The molecule has 16 heavy (non-hydrogen) atoms. The molecule has 0 aromatic rings. The van der Waals surface area contributed by atoms with Crippen LogP contribution in [0.5, 0.6) is 0 Å². The van der Waals surface area contributed by atoms with Crippen molar-refractivity contribution in [3.63, 3.8) is 0 Å². The van der Waals surface area contributed by atoms with Crippen molar-refractivity contribution in [2.75, 3.05) is 0 Å². The maximum Gasteiger partial charge on any atom is 0.303 e. The van der Waals surface area contributed by atoms with E-state index < -0.39 is 11.2 Å². The molecule has 0 aromatic carbocycles. The molecule has 0 amide bonds. The summed E-state index contributed by atoms with van der Waals surface area (Å²) in [5.41, 5.74) is -1.12. The van der Waals surface area contributed by atoms with Crippen LogP contribution in [0.2, 0.25) is 0 Å². The Hall–Kier alpha value is -0.870. The Bertz CT molecular complexity index is 295. The summed E-state index contributed by atoms with van der Waals surface area (Å²) in [5.74, 6) is -0.121. The van der Waals surface area contributed by atoms with Crippen molar-refractivity contribution >= 4 is 5.97 Å². The van der Waals surface area contributed by atoms with Gasteiger partial charge in [0.05, 0.1) is 0 Å². The number of hydrogen-bond acceptors (Lipinski definition) is 4. The molecule has 0 saturated heterocycles. The standard InChI is InChI=1S/C12H20O4/c1-9(13)15-11(2,3)10-5-7-12(4,16-14)8-6-10/h5,7,10,14H,6,8H2,1-4H3/t10-,12+/m1/s1. The molecule has 0 spiro atoms. The molecule has 1 rings (SSSR count). The maximum absolute atomic E-state index is 11.0. The van der Waals surface area contributed by atoms with Gasteiger partial charge in [-0.25, -0.2) is 4.89 Å². The zero-order valence-corrected chi connectivity index (χ0v) is 10.3. The topological polar surface area (TPSA) is 55.8 Å². The molecule has 0 radical (unpaired) electrons. The molecule has 0 aliphatic heterocycles. The van der Waals surface area contributed by atoms with Crippen LogP contribution in [0.1, 0.15) is 40.5 Å². The highest BCUT2D eigenvalue weighted by atomic mass is 17.1. The fourth-order valence-electron chi connectivity index (χ4n) is 2.04. The van der Waals surface area contributed by atoms with Gasteiger partial charge in [-0.3, -0.25) is 10.1 Å². The molecule has 4 nitrogen and oxygen atoms in total. The number of carbonyl (C=O) groups excluding carboxylic acids is 1. The van der Waals surface area contributed by atoms with Gasteiger partial charge in [-0.2, -0.15) is 0 Å². The van der Waals surface area contributed by atoms with Crippen molar-refractivity contribution in [3.05, 3.63) is 12.2 Å². The molecule has 0 fully saturated rings. The Morgan fingerprint density at radius 1 is 1.56 bits per heavy atom. The van der Waals surface area contributed by atoms with Crippen LogP contribution in [-0.2, 0) is 14.4 Å². The quantitative estimate of drug-likeness (QED) is 0.349. The normalized spacial score (nSPS) is 30.2. The van der Waals surface area contributed by atoms with Crippen molar-refractivity contribution in [1.29, 1.82) is 0 Å². The first kappa shape index (κ1) is 13.2. The van der Waals surface area contributed by atoms with Gasteiger partial charge in [-0.15, -0.1) is 0 Å². The van der Waals surface area contributed by atoms with E-state index in [2.05, 4.69) is 4.89 Å². The van der Waals surface area contributed by atoms with Gasteiger partial charge in [0.1, 0.15) is 11.2 Å². The van der Waals surface area contributed by atoms with Gasteiger partial charge in [0.15, 0.2) is 0 Å². The number of ether oxygens (including phenoxy) is 1. The van der Waals surface area contributed by atoms with Crippen molar-refractivity contribution in [2.24, 2.45) is 5.92 Å². The predicted molar refractivity (Wildman–Crippen MR) is 59.8 cm³/mol. The van der Waals surface area contributed by atoms with Crippen LogP contribution in [-0.4, -0.2) is 22.4 Å². The molecule has 0 saturated carbocycles. The van der Waals surface area contributed by atoms with Crippen molar-refractivity contribution in [3.8, 4) is 0 Å². The molecular formula is C12H20O4. The lowest BCUT2D eigenvalue weighted by atomic mass is 9.78. The monoisotopic (exact) mass is 228 g/mol. The third-order valence-corrected chi connectivity index (χ3v) is 3.14. The first-order valence-electron chi connectivity index (χ1n) is 5.50. The van der Waals surface area contributed by atoms with Crippen LogP contribution in [0.3, 0.4) is 0 Å². The Morgan fingerprint density at radius 3 is 2.56 bits per heavy atom.